The Kier molecular flexibility index (Phi) is 1.53. The van der Waals surface area contributed by atoms with Crippen molar-refractivity contribution in [2.45, 2.75) is 19.2 Å². The van der Waals surface area contributed by atoms with Gasteiger partial charge in [-0.25, -0.2) is 0 Å². The lowest BCUT2D eigenvalue weighted by molar-refractivity contribution is 0.143. The molecule has 2 unspecified atom stereocenters. The van der Waals surface area contributed by atoms with E-state index in [-0.39, 0.29) is 12.3 Å². The molecule has 0 aromatic rings. The number of nitrogens with zero attached hydrogens (tertiary/aromatic N) is 1. The summed E-state index contributed by atoms with van der Waals surface area (Å²) in [5.41, 5.74) is 5.54. The first-order valence-electron chi connectivity index (χ1n) is 2.80. The average molecular weight is 126 g/mol. The summed E-state index contributed by atoms with van der Waals surface area (Å²) in [5.74, 6) is 0.833. The number of hydrogen-bond acceptors (Lipinski definition) is 3. The van der Waals surface area contributed by atoms with Crippen molar-refractivity contribution in [3.63, 3.8) is 0 Å². The van der Waals surface area contributed by atoms with Gasteiger partial charge in [-0.2, -0.15) is 0 Å². The SMILES string of the molecule is C=NC1OC(C)=CC1N. The lowest BCUT2D eigenvalue weighted by Gasteiger charge is -2.08. The van der Waals surface area contributed by atoms with Crippen molar-refractivity contribution in [1.82, 2.24) is 0 Å². The molecule has 1 aliphatic rings. The zero-order valence-corrected chi connectivity index (χ0v) is 5.37. The molecule has 2 atom stereocenters. The van der Waals surface area contributed by atoms with Crippen LogP contribution < -0.4 is 5.73 Å². The van der Waals surface area contributed by atoms with Crippen LogP contribution in [0.5, 0.6) is 0 Å². The molecule has 0 radical (unpaired) electrons. The number of nitrogens with two attached hydrogens (primary N) is 1. The normalized spacial score (nSPS) is 33.3. The summed E-state index contributed by atoms with van der Waals surface area (Å²) in [6, 6.07) is -0.109. The molecule has 0 fully saturated rings. The topological polar surface area (TPSA) is 47.6 Å². The zero-order chi connectivity index (χ0) is 6.85. The Labute approximate surface area is 54.2 Å². The van der Waals surface area contributed by atoms with Crippen LogP contribution in [0, 0.1) is 0 Å². The molecule has 50 valence electrons. The molecule has 3 nitrogen and oxygen atoms in total. The summed E-state index contributed by atoms with van der Waals surface area (Å²) in [6.45, 7) is 5.19. The minimum Gasteiger partial charge on any atom is -0.472 e. The Morgan fingerprint density at radius 3 is 2.78 bits per heavy atom. The molecule has 0 aromatic carbocycles. The second kappa shape index (κ2) is 2.19. The van der Waals surface area contributed by atoms with Crippen molar-refractivity contribution in [1.29, 1.82) is 0 Å². The summed E-state index contributed by atoms with van der Waals surface area (Å²) in [5, 5.41) is 0. The Hall–Kier alpha value is -0.830. The largest absolute Gasteiger partial charge is 0.472 e. The van der Waals surface area contributed by atoms with E-state index in [1.807, 2.05) is 13.0 Å². The lowest BCUT2D eigenvalue weighted by atomic mass is 10.3. The van der Waals surface area contributed by atoms with Gasteiger partial charge in [-0.1, -0.05) is 0 Å². The highest BCUT2D eigenvalue weighted by molar-refractivity contribution is 5.25. The van der Waals surface area contributed by atoms with Gasteiger partial charge in [0.2, 0.25) is 6.23 Å². The van der Waals surface area contributed by atoms with Gasteiger partial charge in [0.25, 0.3) is 0 Å². The number of aliphatic imine (C=N–C) groups is 1. The summed E-state index contributed by atoms with van der Waals surface area (Å²) in [7, 11) is 0. The van der Waals surface area contributed by atoms with Gasteiger partial charge in [0.05, 0.1) is 11.8 Å². The van der Waals surface area contributed by atoms with Crippen molar-refractivity contribution in [2.24, 2.45) is 10.7 Å². The van der Waals surface area contributed by atoms with E-state index in [0.29, 0.717) is 0 Å². The fourth-order valence-electron chi connectivity index (χ4n) is 0.821. The second-order valence-electron chi connectivity index (χ2n) is 2.05. The monoisotopic (exact) mass is 126 g/mol. The first-order chi connectivity index (χ1) is 4.24. The predicted octanol–water partition coefficient (Wildman–Crippen LogP) is 0.274. The maximum atomic E-state index is 5.54. The highest BCUT2D eigenvalue weighted by Crippen LogP contribution is 2.15. The van der Waals surface area contributed by atoms with E-state index in [0.717, 1.165) is 5.76 Å². The summed E-state index contributed by atoms with van der Waals surface area (Å²) < 4.78 is 5.13. The molecule has 3 heteroatoms. The minimum absolute atomic E-state index is 0.109. The Morgan fingerprint density at radius 2 is 2.56 bits per heavy atom. The van der Waals surface area contributed by atoms with Crippen molar-refractivity contribution in [3.8, 4) is 0 Å². The van der Waals surface area contributed by atoms with Crippen molar-refractivity contribution >= 4 is 6.72 Å². The van der Waals surface area contributed by atoms with Crippen molar-refractivity contribution in [2.75, 3.05) is 0 Å². The molecule has 0 aromatic heterocycles. The smallest absolute Gasteiger partial charge is 0.207 e. The molecule has 1 aliphatic heterocycles. The lowest BCUT2D eigenvalue weighted by Crippen LogP contribution is -2.28. The zero-order valence-electron chi connectivity index (χ0n) is 5.37. The van der Waals surface area contributed by atoms with E-state index in [4.69, 9.17) is 10.5 Å². The molecule has 9 heavy (non-hydrogen) atoms. The third-order valence-corrected chi connectivity index (χ3v) is 1.24. The molecule has 0 saturated carbocycles. The molecule has 0 saturated heterocycles. The van der Waals surface area contributed by atoms with Crippen LogP contribution in [0.4, 0.5) is 0 Å². The number of hydrogen-bond donors (Lipinski definition) is 1. The molecular formula is C6H10N2O. The van der Waals surface area contributed by atoms with E-state index < -0.39 is 0 Å². The summed E-state index contributed by atoms with van der Waals surface area (Å²) in [6.07, 6.45) is 1.57. The summed E-state index contributed by atoms with van der Waals surface area (Å²) >= 11 is 0. The third kappa shape index (κ3) is 1.10. The van der Waals surface area contributed by atoms with E-state index in [2.05, 4.69) is 11.7 Å². The fourth-order valence-corrected chi connectivity index (χ4v) is 0.821. The van der Waals surface area contributed by atoms with Crippen molar-refractivity contribution < 1.29 is 4.74 Å². The van der Waals surface area contributed by atoms with Gasteiger partial charge >= 0.3 is 0 Å². The molecule has 0 aliphatic carbocycles. The Balaban J connectivity index is 2.59. The Morgan fingerprint density at radius 1 is 1.89 bits per heavy atom. The summed E-state index contributed by atoms with van der Waals surface area (Å²) in [4.78, 5) is 3.67. The van der Waals surface area contributed by atoms with E-state index in [1.165, 1.54) is 0 Å². The fraction of sp³-hybridized carbons (Fsp3) is 0.500. The standard InChI is InChI=1S/C6H10N2O/c1-4-3-5(7)6(8-2)9-4/h3,5-6H,2,7H2,1H3. The first-order valence-corrected chi connectivity index (χ1v) is 2.80. The Bertz CT molecular complexity index is 153. The average Bonchev–Trinajstić information content (AvgIpc) is 2.10. The molecular weight excluding hydrogens is 116 g/mol. The van der Waals surface area contributed by atoms with Gasteiger partial charge in [-0.15, -0.1) is 0 Å². The molecule has 0 spiro atoms. The first kappa shape index (κ1) is 6.29. The molecule has 0 bridgehead atoms. The van der Waals surface area contributed by atoms with Gasteiger partial charge in [0.1, 0.15) is 0 Å². The van der Waals surface area contributed by atoms with Gasteiger partial charge < -0.3 is 10.5 Å². The predicted molar refractivity (Wildman–Crippen MR) is 36.2 cm³/mol. The van der Waals surface area contributed by atoms with Gasteiger partial charge in [0, 0.05) is 0 Å². The van der Waals surface area contributed by atoms with Crippen LogP contribution in [0.3, 0.4) is 0 Å². The van der Waals surface area contributed by atoms with Crippen LogP contribution in [0.15, 0.2) is 16.8 Å². The maximum absolute atomic E-state index is 5.54. The van der Waals surface area contributed by atoms with E-state index in [1.54, 1.807) is 0 Å². The highest BCUT2D eigenvalue weighted by Gasteiger charge is 2.21. The number of ether oxygens (including phenoxy) is 1. The van der Waals surface area contributed by atoms with Crippen LogP contribution in [0.1, 0.15) is 6.92 Å². The molecule has 1 rings (SSSR count). The van der Waals surface area contributed by atoms with Crippen LogP contribution in [-0.4, -0.2) is 19.0 Å². The third-order valence-electron chi connectivity index (χ3n) is 1.24. The highest BCUT2D eigenvalue weighted by atomic mass is 16.5. The van der Waals surface area contributed by atoms with Gasteiger partial charge in [-0.05, 0) is 19.7 Å². The molecule has 1 heterocycles. The minimum atomic E-state index is -0.259. The quantitative estimate of drug-likeness (QED) is 0.513. The maximum Gasteiger partial charge on any atom is 0.207 e. The number of allylic oxidation sites excluding steroid dienone is 1. The molecule has 2 N–H and O–H groups in total. The van der Waals surface area contributed by atoms with Crippen LogP contribution >= 0.6 is 0 Å². The van der Waals surface area contributed by atoms with E-state index in [9.17, 15) is 0 Å². The van der Waals surface area contributed by atoms with Gasteiger partial charge in [0.15, 0.2) is 0 Å². The van der Waals surface area contributed by atoms with Crippen LogP contribution in [0.2, 0.25) is 0 Å². The number of rotatable bonds is 1. The van der Waals surface area contributed by atoms with Gasteiger partial charge in [-0.3, -0.25) is 4.99 Å². The molecule has 0 amide bonds. The van der Waals surface area contributed by atoms with Crippen LogP contribution in [-0.2, 0) is 4.74 Å². The van der Waals surface area contributed by atoms with Crippen molar-refractivity contribution in [3.05, 3.63) is 11.8 Å². The van der Waals surface area contributed by atoms with Crippen LogP contribution in [0.25, 0.3) is 0 Å². The van der Waals surface area contributed by atoms with E-state index >= 15 is 0 Å². The second-order valence-corrected chi connectivity index (χ2v) is 2.05.